The predicted octanol–water partition coefficient (Wildman–Crippen LogP) is -0.0884. The molecule has 0 unspecified atom stereocenters. The van der Waals surface area contributed by atoms with Gasteiger partial charge in [-0.15, -0.1) is 0 Å². The van der Waals surface area contributed by atoms with Crippen LogP contribution >= 0.6 is 0 Å². The molecule has 1 fully saturated rings. The maximum Gasteiger partial charge on any atom is 0.281 e. The zero-order valence-electron chi connectivity index (χ0n) is 7.56. The highest BCUT2D eigenvalue weighted by molar-refractivity contribution is 7.86. The maximum atomic E-state index is 11.4. The van der Waals surface area contributed by atoms with Gasteiger partial charge in [-0.25, -0.2) is 4.85 Å². The summed E-state index contributed by atoms with van der Waals surface area (Å²) in [5, 5.41) is 0. The van der Waals surface area contributed by atoms with Crippen molar-refractivity contribution in [2.24, 2.45) is 0 Å². The van der Waals surface area contributed by atoms with Gasteiger partial charge in [0.15, 0.2) is 6.20 Å². The minimum absolute atomic E-state index is 0.350. The van der Waals surface area contributed by atoms with Gasteiger partial charge in [0.1, 0.15) is 0 Å². The first-order valence-corrected chi connectivity index (χ1v) is 5.10. The minimum Gasteiger partial charge on any atom is -0.246 e. The van der Waals surface area contributed by atoms with E-state index in [1.807, 2.05) is 0 Å². The highest BCUT2D eigenvalue weighted by Gasteiger charge is 2.32. The Morgan fingerprint density at radius 3 is 2.46 bits per heavy atom. The van der Waals surface area contributed by atoms with Gasteiger partial charge in [-0.2, -0.15) is 17.0 Å². The first-order valence-electron chi connectivity index (χ1n) is 3.70. The fraction of sp³-hybridized carbons (Fsp3) is 0.571. The van der Waals surface area contributed by atoms with Crippen LogP contribution in [0.5, 0.6) is 0 Å². The third-order valence-corrected chi connectivity index (χ3v) is 3.63. The summed E-state index contributed by atoms with van der Waals surface area (Å²) in [6.07, 6.45) is 1.38. The molecule has 0 atom stereocenters. The number of nitrogens with zero attached hydrogens (tertiary/aromatic N) is 3. The quantitative estimate of drug-likeness (QED) is 0.586. The van der Waals surface area contributed by atoms with Crippen LogP contribution in [0.25, 0.3) is 4.85 Å². The van der Waals surface area contributed by atoms with Gasteiger partial charge in [-0.1, -0.05) is 0 Å². The van der Waals surface area contributed by atoms with Crippen LogP contribution in [0.3, 0.4) is 0 Å². The molecule has 6 heteroatoms. The molecule has 13 heavy (non-hydrogen) atoms. The highest BCUT2D eigenvalue weighted by Crippen LogP contribution is 2.19. The number of hydrogen-bond donors (Lipinski definition) is 0. The molecule has 5 nitrogen and oxygen atoms in total. The summed E-state index contributed by atoms with van der Waals surface area (Å²) in [4.78, 5) is 3.07. The summed E-state index contributed by atoms with van der Waals surface area (Å²) in [5.74, 6) is 0. The lowest BCUT2D eigenvalue weighted by atomic mass is 10.2. The molecule has 0 aromatic heterocycles. The molecule has 1 aliphatic heterocycles. The van der Waals surface area contributed by atoms with Crippen LogP contribution in [0, 0.1) is 6.57 Å². The van der Waals surface area contributed by atoms with E-state index >= 15 is 0 Å². The second-order valence-corrected chi connectivity index (χ2v) is 5.12. The third kappa shape index (κ3) is 1.88. The van der Waals surface area contributed by atoms with E-state index in [-0.39, 0.29) is 0 Å². The number of hydrogen-bond acceptors (Lipinski definition) is 2. The van der Waals surface area contributed by atoms with E-state index in [0.717, 1.165) is 5.57 Å². The Hall–Kier alpha value is -0.900. The summed E-state index contributed by atoms with van der Waals surface area (Å²) in [7, 11) is -0.285. The monoisotopic (exact) mass is 201 g/mol. The molecule has 0 N–H and O–H groups in total. The zero-order chi connectivity index (χ0) is 10.1. The van der Waals surface area contributed by atoms with E-state index in [1.165, 1.54) is 28.9 Å². The lowest BCUT2D eigenvalue weighted by Gasteiger charge is -2.34. The standard InChI is InChI=1S/C7H11N3O2S/c1-8-4-7-5-10(6-7)13(11,12)9(2)3/h4H,5-6H2,2-3H3. The molecule has 1 saturated heterocycles. The van der Waals surface area contributed by atoms with Crippen molar-refractivity contribution in [3.05, 3.63) is 23.2 Å². The van der Waals surface area contributed by atoms with Crippen molar-refractivity contribution in [3.63, 3.8) is 0 Å². The van der Waals surface area contributed by atoms with Gasteiger partial charge >= 0.3 is 0 Å². The van der Waals surface area contributed by atoms with E-state index in [9.17, 15) is 8.42 Å². The van der Waals surface area contributed by atoms with Gasteiger partial charge in [-0.05, 0) is 5.57 Å². The molecular weight excluding hydrogens is 190 g/mol. The van der Waals surface area contributed by atoms with Crippen LogP contribution in [0.15, 0.2) is 11.8 Å². The molecule has 0 saturated carbocycles. The van der Waals surface area contributed by atoms with Crippen LogP contribution in [0.4, 0.5) is 0 Å². The van der Waals surface area contributed by atoms with Gasteiger partial charge in [0, 0.05) is 27.2 Å². The van der Waals surface area contributed by atoms with E-state index in [4.69, 9.17) is 6.57 Å². The molecule has 0 amide bonds. The van der Waals surface area contributed by atoms with Crippen molar-refractivity contribution in [1.29, 1.82) is 0 Å². The first kappa shape index (κ1) is 10.2. The zero-order valence-corrected chi connectivity index (χ0v) is 8.37. The molecule has 0 radical (unpaired) electrons. The Morgan fingerprint density at radius 1 is 1.54 bits per heavy atom. The molecule has 0 aromatic carbocycles. The van der Waals surface area contributed by atoms with Crippen LogP contribution in [0.1, 0.15) is 0 Å². The molecule has 0 bridgehead atoms. The third-order valence-electron chi connectivity index (χ3n) is 1.79. The van der Waals surface area contributed by atoms with E-state index in [1.54, 1.807) is 0 Å². The Morgan fingerprint density at radius 2 is 2.08 bits per heavy atom. The average molecular weight is 201 g/mol. The lowest BCUT2D eigenvalue weighted by Crippen LogP contribution is -2.49. The van der Waals surface area contributed by atoms with Crippen molar-refractivity contribution < 1.29 is 8.42 Å². The molecule has 0 aliphatic carbocycles. The fourth-order valence-electron chi connectivity index (χ4n) is 0.974. The van der Waals surface area contributed by atoms with Crippen molar-refractivity contribution in [3.8, 4) is 0 Å². The second-order valence-electron chi connectivity index (χ2n) is 2.97. The SMILES string of the molecule is [C-]#[N+]C=C1CN(S(=O)(=O)N(C)C)C1. The van der Waals surface area contributed by atoms with Gasteiger partial charge in [0.25, 0.3) is 10.2 Å². The molecule has 1 heterocycles. The van der Waals surface area contributed by atoms with Crippen LogP contribution in [-0.2, 0) is 10.2 Å². The van der Waals surface area contributed by atoms with E-state index < -0.39 is 10.2 Å². The maximum absolute atomic E-state index is 11.4. The van der Waals surface area contributed by atoms with Gasteiger partial charge in [-0.3, -0.25) is 0 Å². The molecular formula is C7H11N3O2S. The molecule has 0 aromatic rings. The molecule has 1 rings (SSSR count). The lowest BCUT2D eigenvalue weighted by molar-refractivity contribution is 0.358. The molecule has 1 aliphatic rings. The Labute approximate surface area is 78.3 Å². The molecule has 72 valence electrons. The van der Waals surface area contributed by atoms with Crippen LogP contribution in [-0.4, -0.2) is 44.2 Å². The average Bonchev–Trinajstić information content (AvgIpc) is 1.95. The topological polar surface area (TPSA) is 45.0 Å². The normalized spacial score (nSPS) is 18.2. The Kier molecular flexibility index (Phi) is 2.71. The van der Waals surface area contributed by atoms with Crippen LogP contribution in [0.2, 0.25) is 0 Å². The van der Waals surface area contributed by atoms with Crippen LogP contribution < -0.4 is 0 Å². The number of rotatable bonds is 2. The Bertz CT molecular complexity index is 356. The van der Waals surface area contributed by atoms with Crippen molar-refractivity contribution in [2.75, 3.05) is 27.2 Å². The van der Waals surface area contributed by atoms with E-state index in [0.29, 0.717) is 13.1 Å². The van der Waals surface area contributed by atoms with Gasteiger partial charge < -0.3 is 0 Å². The summed E-state index contributed by atoms with van der Waals surface area (Å²) >= 11 is 0. The van der Waals surface area contributed by atoms with Gasteiger partial charge in [0.2, 0.25) is 0 Å². The smallest absolute Gasteiger partial charge is 0.246 e. The first-order chi connectivity index (χ1) is 5.98. The highest BCUT2D eigenvalue weighted by atomic mass is 32.2. The fourth-order valence-corrected chi connectivity index (χ4v) is 2.09. The summed E-state index contributed by atoms with van der Waals surface area (Å²) in [6.45, 7) is 7.25. The predicted molar refractivity (Wildman–Crippen MR) is 48.9 cm³/mol. The van der Waals surface area contributed by atoms with Crippen molar-refractivity contribution in [2.45, 2.75) is 0 Å². The van der Waals surface area contributed by atoms with Crippen molar-refractivity contribution >= 4 is 10.2 Å². The Balaban J connectivity index is 2.64. The van der Waals surface area contributed by atoms with E-state index in [2.05, 4.69) is 4.85 Å². The summed E-state index contributed by atoms with van der Waals surface area (Å²) < 4.78 is 25.3. The largest absolute Gasteiger partial charge is 0.281 e. The van der Waals surface area contributed by atoms with Gasteiger partial charge in [0.05, 0.1) is 6.57 Å². The minimum atomic E-state index is -3.27. The second kappa shape index (κ2) is 3.46. The molecule has 0 spiro atoms. The summed E-state index contributed by atoms with van der Waals surface area (Å²) in [5.41, 5.74) is 0.862. The van der Waals surface area contributed by atoms with Crippen molar-refractivity contribution in [1.82, 2.24) is 8.61 Å². The summed E-state index contributed by atoms with van der Waals surface area (Å²) in [6, 6.07) is 0.